The highest BCUT2D eigenvalue weighted by Crippen LogP contribution is 2.33. The van der Waals surface area contributed by atoms with E-state index in [9.17, 15) is 9.59 Å². The van der Waals surface area contributed by atoms with Crippen molar-refractivity contribution in [2.45, 2.75) is 10.8 Å². The Kier molecular flexibility index (Phi) is 6.02. The molecule has 33 heavy (non-hydrogen) atoms. The Morgan fingerprint density at radius 3 is 2.76 bits per heavy atom. The first-order chi connectivity index (χ1) is 16.1. The monoisotopic (exact) mass is 475 g/mol. The Bertz CT molecular complexity index is 1330. The molecular weight excluding hydrogens is 454 g/mol. The van der Waals surface area contributed by atoms with E-state index in [1.807, 2.05) is 41.3 Å². The molecule has 4 aromatic rings. The summed E-state index contributed by atoms with van der Waals surface area (Å²) in [6, 6.07) is 20.7. The third-order valence-electron chi connectivity index (χ3n) is 5.49. The number of methoxy groups -OCH3 is 1. The predicted octanol–water partition coefficient (Wildman–Crippen LogP) is 5.24. The highest BCUT2D eigenvalue weighted by molar-refractivity contribution is 8.01. The van der Waals surface area contributed by atoms with Crippen LogP contribution in [0, 0.1) is 0 Å². The summed E-state index contributed by atoms with van der Waals surface area (Å²) in [6.07, 6.45) is 0.902. The fourth-order valence-electron chi connectivity index (χ4n) is 3.79. The van der Waals surface area contributed by atoms with Crippen LogP contribution in [0.5, 0.6) is 5.75 Å². The second kappa shape index (κ2) is 9.25. The number of anilines is 2. The number of aromatic nitrogens is 1. The Hall–Kier alpha value is -3.36. The smallest absolute Gasteiger partial charge is 0.255 e. The highest BCUT2D eigenvalue weighted by atomic mass is 32.2. The van der Waals surface area contributed by atoms with Gasteiger partial charge in [-0.2, -0.15) is 0 Å². The van der Waals surface area contributed by atoms with Crippen molar-refractivity contribution in [1.29, 1.82) is 0 Å². The number of fused-ring (bicyclic) bond motifs is 2. The molecule has 0 atom stereocenters. The third kappa shape index (κ3) is 4.58. The van der Waals surface area contributed by atoms with Gasteiger partial charge in [-0.1, -0.05) is 30.0 Å². The van der Waals surface area contributed by atoms with E-state index in [0.29, 0.717) is 22.8 Å². The number of hydrogen-bond donors (Lipinski definition) is 1. The van der Waals surface area contributed by atoms with Gasteiger partial charge in [0.2, 0.25) is 5.91 Å². The van der Waals surface area contributed by atoms with Crippen LogP contribution in [-0.2, 0) is 11.2 Å². The summed E-state index contributed by atoms with van der Waals surface area (Å²) in [6.45, 7) is 0.732. The van der Waals surface area contributed by atoms with E-state index in [1.165, 1.54) is 28.7 Å². The topological polar surface area (TPSA) is 71.5 Å². The van der Waals surface area contributed by atoms with Crippen molar-refractivity contribution in [2.75, 3.05) is 29.6 Å². The molecule has 166 valence electrons. The molecule has 1 aliphatic heterocycles. The van der Waals surface area contributed by atoms with Gasteiger partial charge in [0.1, 0.15) is 5.75 Å². The molecule has 1 aliphatic rings. The minimum absolute atomic E-state index is 0.0941. The van der Waals surface area contributed by atoms with Crippen LogP contribution in [0.15, 0.2) is 71.1 Å². The number of carbonyl (C=O) groups is 2. The van der Waals surface area contributed by atoms with Crippen LogP contribution in [0.2, 0.25) is 0 Å². The van der Waals surface area contributed by atoms with Gasteiger partial charge in [0.15, 0.2) is 4.34 Å². The van der Waals surface area contributed by atoms with Gasteiger partial charge in [0.25, 0.3) is 5.91 Å². The number of para-hydroxylation sites is 1. The fraction of sp³-hybridized carbons (Fsp3) is 0.160. The van der Waals surface area contributed by atoms with Crippen LogP contribution in [0.1, 0.15) is 15.9 Å². The Morgan fingerprint density at radius 1 is 1.12 bits per heavy atom. The quantitative estimate of drug-likeness (QED) is 0.386. The average molecular weight is 476 g/mol. The van der Waals surface area contributed by atoms with Gasteiger partial charge in [-0.25, -0.2) is 4.98 Å². The number of nitrogens with one attached hydrogen (secondary N) is 1. The normalized spacial score (nSPS) is 12.6. The molecule has 0 bridgehead atoms. The number of rotatable bonds is 6. The number of carbonyl (C=O) groups excluding carboxylic acids is 2. The zero-order valence-electron chi connectivity index (χ0n) is 17.9. The van der Waals surface area contributed by atoms with E-state index in [2.05, 4.69) is 16.4 Å². The number of benzene rings is 3. The summed E-state index contributed by atoms with van der Waals surface area (Å²) in [7, 11) is 1.59. The van der Waals surface area contributed by atoms with Gasteiger partial charge < -0.3 is 15.0 Å². The standard InChI is InChI=1S/C25H21N3O3S2/c1-31-19-9-6-17(7-10-19)24(30)26-18-8-11-20-22(14-18)33-25(27-20)32-15-23(29)28-13-12-16-4-2-3-5-21(16)28/h2-11,14H,12-13,15H2,1H3,(H,26,30). The van der Waals surface area contributed by atoms with Crippen LogP contribution in [-0.4, -0.2) is 36.2 Å². The number of ether oxygens (including phenoxy) is 1. The Labute approximate surface area is 199 Å². The van der Waals surface area contributed by atoms with Gasteiger partial charge in [0, 0.05) is 23.5 Å². The SMILES string of the molecule is COc1ccc(C(=O)Nc2ccc3nc(SCC(=O)N4CCc5ccccc54)sc3c2)cc1. The van der Waals surface area contributed by atoms with Crippen molar-refractivity contribution in [3.05, 3.63) is 77.9 Å². The lowest BCUT2D eigenvalue weighted by atomic mass is 10.2. The van der Waals surface area contributed by atoms with E-state index in [0.717, 1.165) is 33.2 Å². The van der Waals surface area contributed by atoms with Crippen molar-refractivity contribution >= 4 is 56.5 Å². The van der Waals surface area contributed by atoms with Crippen LogP contribution >= 0.6 is 23.1 Å². The lowest BCUT2D eigenvalue weighted by Gasteiger charge is -2.16. The van der Waals surface area contributed by atoms with Gasteiger partial charge >= 0.3 is 0 Å². The molecule has 0 aliphatic carbocycles. The van der Waals surface area contributed by atoms with Crippen molar-refractivity contribution in [3.8, 4) is 5.75 Å². The van der Waals surface area contributed by atoms with Gasteiger partial charge in [0.05, 0.1) is 23.1 Å². The van der Waals surface area contributed by atoms with Crippen molar-refractivity contribution in [3.63, 3.8) is 0 Å². The molecular formula is C25H21N3O3S2. The minimum atomic E-state index is -0.187. The summed E-state index contributed by atoms with van der Waals surface area (Å²) in [5.41, 5.74) is 4.35. The first-order valence-electron chi connectivity index (χ1n) is 10.5. The minimum Gasteiger partial charge on any atom is -0.497 e. The molecule has 8 heteroatoms. The summed E-state index contributed by atoms with van der Waals surface area (Å²) in [5.74, 6) is 0.953. The van der Waals surface area contributed by atoms with Crippen LogP contribution in [0.25, 0.3) is 10.2 Å². The lowest BCUT2D eigenvalue weighted by molar-refractivity contribution is -0.116. The van der Waals surface area contributed by atoms with Crippen molar-refractivity contribution in [1.82, 2.24) is 4.98 Å². The van der Waals surface area contributed by atoms with E-state index < -0.39 is 0 Å². The summed E-state index contributed by atoms with van der Waals surface area (Å²) >= 11 is 2.98. The molecule has 0 saturated heterocycles. The lowest BCUT2D eigenvalue weighted by Crippen LogP contribution is -2.30. The number of amides is 2. The fourth-order valence-corrected chi connectivity index (χ4v) is 5.77. The Balaban J connectivity index is 1.24. The zero-order valence-corrected chi connectivity index (χ0v) is 19.5. The maximum Gasteiger partial charge on any atom is 0.255 e. The van der Waals surface area contributed by atoms with E-state index >= 15 is 0 Å². The predicted molar refractivity (Wildman–Crippen MR) is 134 cm³/mol. The summed E-state index contributed by atoms with van der Waals surface area (Å²) in [4.78, 5) is 31.8. The van der Waals surface area contributed by atoms with Gasteiger partial charge in [-0.15, -0.1) is 11.3 Å². The second-order valence-corrected chi connectivity index (χ2v) is 9.81. The van der Waals surface area contributed by atoms with E-state index in [1.54, 1.807) is 31.4 Å². The first kappa shape index (κ1) is 21.5. The molecule has 1 N–H and O–H groups in total. The highest BCUT2D eigenvalue weighted by Gasteiger charge is 2.24. The maximum absolute atomic E-state index is 12.8. The largest absolute Gasteiger partial charge is 0.497 e. The van der Waals surface area contributed by atoms with Crippen molar-refractivity contribution < 1.29 is 14.3 Å². The van der Waals surface area contributed by atoms with Crippen LogP contribution in [0.4, 0.5) is 11.4 Å². The molecule has 0 radical (unpaired) electrons. The van der Waals surface area contributed by atoms with Crippen LogP contribution in [0.3, 0.4) is 0 Å². The molecule has 0 unspecified atom stereocenters. The summed E-state index contributed by atoms with van der Waals surface area (Å²) < 4.78 is 6.93. The molecule has 6 nitrogen and oxygen atoms in total. The molecule has 3 aromatic carbocycles. The average Bonchev–Trinajstić information content (AvgIpc) is 3.46. The van der Waals surface area contributed by atoms with Crippen molar-refractivity contribution in [2.24, 2.45) is 0 Å². The zero-order chi connectivity index (χ0) is 22.8. The van der Waals surface area contributed by atoms with E-state index in [-0.39, 0.29) is 11.8 Å². The van der Waals surface area contributed by atoms with Gasteiger partial charge in [-0.3, -0.25) is 9.59 Å². The molecule has 0 spiro atoms. The number of hydrogen-bond acceptors (Lipinski definition) is 6. The second-order valence-electron chi connectivity index (χ2n) is 7.56. The molecule has 2 amide bonds. The van der Waals surface area contributed by atoms with Crippen LogP contribution < -0.4 is 15.0 Å². The summed E-state index contributed by atoms with van der Waals surface area (Å²) in [5, 5.41) is 2.93. The maximum atomic E-state index is 12.8. The molecule has 2 heterocycles. The van der Waals surface area contributed by atoms with Gasteiger partial charge in [-0.05, 0) is 60.5 Å². The van der Waals surface area contributed by atoms with E-state index in [4.69, 9.17) is 4.74 Å². The third-order valence-corrected chi connectivity index (χ3v) is 7.63. The number of nitrogens with zero attached hydrogens (tertiary/aromatic N) is 2. The number of thiazole rings is 1. The number of thioether (sulfide) groups is 1. The molecule has 0 fully saturated rings. The molecule has 1 aromatic heterocycles. The first-order valence-corrected chi connectivity index (χ1v) is 12.3. The molecule has 5 rings (SSSR count). The Morgan fingerprint density at radius 2 is 1.94 bits per heavy atom. The molecule has 0 saturated carbocycles.